The Morgan fingerprint density at radius 3 is 1.31 bits per heavy atom. The number of aromatic nitrogens is 4. The molecule has 15 rings (SSSR count). The van der Waals surface area contributed by atoms with E-state index in [1.165, 1.54) is 52.4 Å². The van der Waals surface area contributed by atoms with Crippen molar-refractivity contribution >= 4 is 88.0 Å². The van der Waals surface area contributed by atoms with E-state index in [0.29, 0.717) is 26.6 Å². The molecule has 14 aromatic rings. The van der Waals surface area contributed by atoms with Gasteiger partial charge in [0.1, 0.15) is 26.4 Å². The molecular weight excluding hydrogens is 1810 g/mol. The van der Waals surface area contributed by atoms with E-state index < -0.39 is 80.8 Å². The van der Waals surface area contributed by atoms with E-state index in [9.17, 15) is 63.3 Å². The Hall–Kier alpha value is -14.0. The molecule has 3 atom stereocenters. The van der Waals surface area contributed by atoms with Gasteiger partial charge in [-0.2, -0.15) is 0 Å². The third-order valence-electron chi connectivity index (χ3n) is 20.6. The fraction of sp³-hybridized carbons (Fsp3) is 0.208. The van der Waals surface area contributed by atoms with Crippen LogP contribution < -0.4 is 62.3 Å². The lowest BCUT2D eigenvalue weighted by atomic mass is 9.97. The number of aromatic carboxylic acids is 1. The van der Waals surface area contributed by atoms with E-state index >= 15 is 0 Å². The number of aliphatic hydroxyl groups is 2. The number of carboxylic acids is 1. The number of nitrogens with one attached hydrogen (secondary N) is 2. The zero-order valence-electron chi connectivity index (χ0n) is 72.9. The Balaban J connectivity index is 0.000000174. The van der Waals surface area contributed by atoms with Crippen molar-refractivity contribution < 1.29 is 67.4 Å². The van der Waals surface area contributed by atoms with Crippen LogP contribution in [-0.4, -0.2) is 80.0 Å². The fourth-order valence-corrected chi connectivity index (χ4v) is 14.9. The number of benzene rings is 8. The number of hydrogen-bond acceptors (Lipinski definition) is 19. The summed E-state index contributed by atoms with van der Waals surface area (Å²) >= 11 is 24.1. The molecule has 1 aliphatic heterocycles. The number of halogens is 5. The Kier molecular flexibility index (Phi) is 37.1. The Morgan fingerprint density at radius 1 is 0.459 bits per heavy atom. The van der Waals surface area contributed by atoms with Crippen molar-refractivity contribution in [3.05, 3.63) is 441 Å². The summed E-state index contributed by atoms with van der Waals surface area (Å²) in [5.74, 6) is -4.31. The number of amides is 3. The summed E-state index contributed by atoms with van der Waals surface area (Å²) in [5.41, 5.74) is 5.12. The van der Waals surface area contributed by atoms with E-state index in [-0.39, 0.29) is 134 Å². The molecule has 6 aromatic heterocycles. The van der Waals surface area contributed by atoms with Crippen molar-refractivity contribution in [1.82, 2.24) is 33.6 Å². The smallest absolute Gasteiger partial charge is 0.375 e. The van der Waals surface area contributed by atoms with E-state index in [1.54, 1.807) is 92.7 Å². The van der Waals surface area contributed by atoms with Crippen LogP contribution in [0.2, 0.25) is 20.1 Å². The zero-order valence-corrected chi connectivity index (χ0v) is 76.8. The second-order valence-corrected chi connectivity index (χ2v) is 32.9. The number of aromatic hydroxyl groups is 1. The molecule has 32 heteroatoms. The van der Waals surface area contributed by atoms with E-state index in [0.717, 1.165) is 62.5 Å². The molecule has 0 aliphatic carbocycles. The van der Waals surface area contributed by atoms with Crippen molar-refractivity contribution in [2.75, 3.05) is 6.61 Å². The molecular formula is C101H96Cl5N7O20. The number of carbonyl (C=O) groups is 4. The van der Waals surface area contributed by atoms with Gasteiger partial charge in [0.25, 0.3) is 29.0 Å². The average molecular weight is 1910 g/mol. The van der Waals surface area contributed by atoms with Gasteiger partial charge < -0.3 is 81.8 Å². The summed E-state index contributed by atoms with van der Waals surface area (Å²) in [4.78, 5) is 125. The lowest BCUT2D eigenvalue weighted by Crippen LogP contribution is -2.52. The Morgan fingerprint density at radius 2 is 0.857 bits per heavy atom. The van der Waals surface area contributed by atoms with E-state index in [4.69, 9.17) is 79.3 Å². The lowest BCUT2D eigenvalue weighted by Gasteiger charge is -2.42. The summed E-state index contributed by atoms with van der Waals surface area (Å²) in [6.45, 7) is 13.1. The Bertz CT molecular complexity index is 6640. The van der Waals surface area contributed by atoms with E-state index in [1.807, 2.05) is 193 Å². The Labute approximate surface area is 790 Å². The van der Waals surface area contributed by atoms with Crippen LogP contribution >= 0.6 is 58.8 Å². The molecule has 0 spiro atoms. The molecule has 8 aromatic carbocycles. The van der Waals surface area contributed by atoms with Gasteiger partial charge in [-0.05, 0) is 111 Å². The highest BCUT2D eigenvalue weighted by molar-refractivity contribution is 6.31. The van der Waals surface area contributed by atoms with Gasteiger partial charge in [0.15, 0.2) is 40.4 Å². The minimum atomic E-state index is -1.34. The second kappa shape index (κ2) is 48.7. The standard InChI is InChI=1S/C25H25ClN2O4.C25H27ClN2O4.C20H16ClNO4.C18H17ClN2O3.C13H10O5.ClH/c1-16(2)21-24(30)28(14-18-9-6-10-19(26)13-18)25(31)22-23(20(29)11-12-27(21)22)32-15-17-7-4-3-5-8-17;1-17(2)21(15-29)28-12-11-22(30)24(32-16-18-7-4-3-5-8-18)23(28)25(31)27-14-19-9-6-10-20(26)13-19;21-16-8-4-7-15(11-16)12-22-20(24)19-18(17(23)9-10-25-19)26-13-14-5-2-1-3-6-14;1-11(2)14-10-20(9-12-4-3-5-13(19)8-12)18(24)16-17(23)15(22)6-7-21(14)16;14-10-6-7-17-12(13(15)16)11(10)18-8-9-4-2-1-3-5-9;/h3-13,16,21,24,30H,14-15H2,1-2H3;3-13,17,21,29H,14-16H2,1-2H3,(H,27,31);1-11H,12-13H2,(H,22,24);3-8,10-11,23H,9H2,1-2H3;1-7H,8H2,(H,15,16);1H. The number of pyridine rings is 3. The first-order chi connectivity index (χ1) is 63.5. The quantitative estimate of drug-likeness (QED) is 0.0265. The van der Waals surface area contributed by atoms with Crippen LogP contribution in [0.4, 0.5) is 0 Å². The van der Waals surface area contributed by atoms with Gasteiger partial charge >= 0.3 is 5.97 Å². The summed E-state index contributed by atoms with van der Waals surface area (Å²) in [7, 11) is 0. The fourth-order valence-electron chi connectivity index (χ4n) is 14.0. The number of aliphatic hydroxyl groups excluding tert-OH is 2. The molecule has 0 saturated carbocycles. The molecule has 133 heavy (non-hydrogen) atoms. The van der Waals surface area contributed by atoms with Gasteiger partial charge in [-0.1, -0.05) is 258 Å². The topological polar surface area (TPSA) is 361 Å². The first-order valence-electron chi connectivity index (χ1n) is 41.7. The minimum absolute atomic E-state index is 0. The molecule has 0 bridgehead atoms. The number of rotatable bonds is 28. The number of ether oxygens (including phenoxy) is 4. The summed E-state index contributed by atoms with van der Waals surface area (Å²) in [6.07, 6.45) is 7.51. The molecule has 0 radical (unpaired) electrons. The average Bonchev–Trinajstić information content (AvgIpc) is 0.747. The molecule has 3 unspecified atom stereocenters. The van der Waals surface area contributed by atoms with Crippen LogP contribution in [0, 0.1) is 11.8 Å². The summed E-state index contributed by atoms with van der Waals surface area (Å²) < 4.78 is 38.9. The van der Waals surface area contributed by atoms with Crippen molar-refractivity contribution in [2.45, 2.75) is 118 Å². The first kappa shape index (κ1) is 101. The highest BCUT2D eigenvalue weighted by atomic mass is 35.5. The number of carboxylic acid groups (broad SMARTS) is 1. The van der Waals surface area contributed by atoms with Gasteiger partial charge in [-0.15, -0.1) is 12.4 Å². The zero-order chi connectivity index (χ0) is 94.7. The van der Waals surface area contributed by atoms with Crippen molar-refractivity contribution in [2.24, 2.45) is 11.8 Å². The summed E-state index contributed by atoms with van der Waals surface area (Å²) in [5, 5.41) is 47.9. The maximum atomic E-state index is 13.6. The maximum Gasteiger partial charge on any atom is 0.375 e. The first-order valence-corrected chi connectivity index (χ1v) is 43.2. The molecule has 7 heterocycles. The summed E-state index contributed by atoms with van der Waals surface area (Å²) in [6, 6.07) is 71.5. The minimum Gasteiger partial charge on any atom is -0.503 e. The van der Waals surface area contributed by atoms with Crippen LogP contribution in [0.15, 0.2) is 324 Å². The molecule has 27 nitrogen and oxygen atoms in total. The van der Waals surface area contributed by atoms with Gasteiger partial charge in [0, 0.05) is 101 Å². The van der Waals surface area contributed by atoms with Crippen LogP contribution in [0.5, 0.6) is 28.7 Å². The number of carbonyl (C=O) groups excluding carboxylic acids is 3. The van der Waals surface area contributed by atoms with Gasteiger partial charge in [-0.3, -0.25) is 43.2 Å². The van der Waals surface area contributed by atoms with Crippen molar-refractivity contribution in [3.8, 4) is 28.7 Å². The third-order valence-corrected chi connectivity index (χ3v) is 21.6. The second-order valence-electron chi connectivity index (χ2n) is 31.2. The lowest BCUT2D eigenvalue weighted by molar-refractivity contribution is -0.0506. The van der Waals surface area contributed by atoms with Crippen molar-refractivity contribution in [3.63, 3.8) is 0 Å². The molecule has 6 N–H and O–H groups in total. The molecule has 0 fully saturated rings. The van der Waals surface area contributed by atoms with Gasteiger partial charge in [0.05, 0.1) is 37.8 Å². The van der Waals surface area contributed by atoms with Crippen LogP contribution in [0.3, 0.4) is 0 Å². The highest BCUT2D eigenvalue weighted by Gasteiger charge is 2.42. The van der Waals surface area contributed by atoms with Gasteiger partial charge in [-0.25, -0.2) is 4.79 Å². The largest absolute Gasteiger partial charge is 0.503 e. The monoisotopic (exact) mass is 1900 g/mol. The molecule has 690 valence electrons. The van der Waals surface area contributed by atoms with Crippen LogP contribution in [0.25, 0.3) is 5.52 Å². The third kappa shape index (κ3) is 27.3. The van der Waals surface area contributed by atoms with Gasteiger partial charge in [0.2, 0.25) is 44.4 Å². The SMILES string of the molecule is CC(C)C(CO)n1ccc(=O)c(OCc2ccccc2)c1C(=O)NCc1cccc(Cl)c1.CC(C)C1C(O)N(Cc2cccc(Cl)c2)C(=O)c2c(OCc3ccccc3)c(=O)ccn21.CC(C)c1cn(Cc2cccc(Cl)c2)c(=O)c2c(O)c(=O)ccn12.Cl.O=C(NCc1cccc(Cl)c1)c1occc(=O)c1OCc1ccccc1.O=C(O)c1occc(=O)c1OCc1ccccc1. The van der Waals surface area contributed by atoms with E-state index in [2.05, 4.69) is 10.6 Å². The molecule has 0 saturated heterocycles. The maximum absolute atomic E-state index is 13.6. The predicted octanol–water partition coefficient (Wildman–Crippen LogP) is 17.6. The number of fused-ring (bicyclic) bond motifs is 2. The molecule has 3 amide bonds. The number of hydrogen-bond donors (Lipinski definition) is 6. The van der Waals surface area contributed by atoms with Crippen LogP contribution in [-0.2, 0) is 52.6 Å². The molecule has 1 aliphatic rings. The predicted molar refractivity (Wildman–Crippen MR) is 510 cm³/mol. The number of nitrogens with zero attached hydrogens (tertiary/aromatic N) is 5. The van der Waals surface area contributed by atoms with Crippen molar-refractivity contribution in [1.29, 1.82) is 0 Å². The normalized spacial score (nSPS) is 12.6. The highest BCUT2D eigenvalue weighted by Crippen LogP contribution is 2.36. The van der Waals surface area contributed by atoms with Crippen LogP contribution in [0.1, 0.15) is 152 Å².